The van der Waals surface area contributed by atoms with Gasteiger partial charge in [0.1, 0.15) is 23.0 Å². The van der Waals surface area contributed by atoms with Gasteiger partial charge in [-0.15, -0.1) is 0 Å². The highest BCUT2D eigenvalue weighted by atomic mass is 16.5. The van der Waals surface area contributed by atoms with Gasteiger partial charge >= 0.3 is 0 Å². The topological polar surface area (TPSA) is 109 Å². The first-order valence-corrected chi connectivity index (χ1v) is 11.7. The summed E-state index contributed by atoms with van der Waals surface area (Å²) < 4.78 is 16.5. The van der Waals surface area contributed by atoms with Crippen LogP contribution in [0.1, 0.15) is 36.1 Å². The number of rotatable bonds is 8. The number of hydrogen-bond donors (Lipinski definition) is 1. The summed E-state index contributed by atoms with van der Waals surface area (Å²) in [6.45, 7) is 2.49. The number of amides is 1. The molecule has 37 heavy (non-hydrogen) atoms. The Balaban J connectivity index is 1.94. The molecule has 4 rings (SSSR count). The molecule has 1 saturated heterocycles. The molecule has 1 amide bonds. The molecule has 1 aliphatic heterocycles. The monoisotopic (exact) mass is 498 g/mol. The largest absolute Gasteiger partial charge is 0.507 e. The van der Waals surface area contributed by atoms with Gasteiger partial charge in [0, 0.05) is 11.8 Å². The maximum absolute atomic E-state index is 13.4. The number of nitriles is 1. The quantitative estimate of drug-likeness (QED) is 0.265. The van der Waals surface area contributed by atoms with Crippen molar-refractivity contribution in [3.8, 4) is 23.3 Å². The van der Waals surface area contributed by atoms with Crippen LogP contribution in [0.2, 0.25) is 0 Å². The Morgan fingerprint density at radius 1 is 1.00 bits per heavy atom. The van der Waals surface area contributed by atoms with E-state index in [9.17, 15) is 20.0 Å². The predicted octanol–water partition coefficient (Wildman–Crippen LogP) is 4.99. The fourth-order valence-electron chi connectivity index (χ4n) is 4.24. The highest BCUT2D eigenvalue weighted by molar-refractivity contribution is 6.51. The van der Waals surface area contributed by atoms with Crippen molar-refractivity contribution in [1.29, 1.82) is 5.26 Å². The molecule has 1 N–H and O–H groups in total. The standard InChI is InChI=1S/C29H26N2O6/c1-4-14-37-22-7-5-6-19(15-22)26-25(27(32)23-13-12-21(35-2)16-24(23)36-3)28(33)29(34)31(26)20-10-8-18(17-30)9-11-20/h5-13,15-16,26,32H,4,14H2,1-3H3/b27-25+. The Hall–Kier alpha value is -4.77. The van der Waals surface area contributed by atoms with Crippen molar-refractivity contribution in [1.82, 2.24) is 0 Å². The Morgan fingerprint density at radius 3 is 2.41 bits per heavy atom. The number of anilines is 1. The summed E-state index contributed by atoms with van der Waals surface area (Å²) in [5, 5.41) is 20.6. The highest BCUT2D eigenvalue weighted by Gasteiger charge is 2.47. The average molecular weight is 499 g/mol. The van der Waals surface area contributed by atoms with Crippen LogP contribution in [0.3, 0.4) is 0 Å². The first kappa shape index (κ1) is 25.3. The Morgan fingerprint density at radius 2 is 1.76 bits per heavy atom. The van der Waals surface area contributed by atoms with Gasteiger partial charge in [-0.3, -0.25) is 14.5 Å². The van der Waals surface area contributed by atoms with E-state index in [1.54, 1.807) is 66.7 Å². The molecule has 188 valence electrons. The van der Waals surface area contributed by atoms with E-state index in [2.05, 4.69) is 0 Å². The van der Waals surface area contributed by atoms with E-state index in [4.69, 9.17) is 14.2 Å². The summed E-state index contributed by atoms with van der Waals surface area (Å²) in [6, 6.07) is 19.3. The van der Waals surface area contributed by atoms with Crippen LogP contribution in [0.5, 0.6) is 17.2 Å². The molecule has 0 saturated carbocycles. The molecular formula is C29H26N2O6. The minimum Gasteiger partial charge on any atom is -0.507 e. The zero-order valence-electron chi connectivity index (χ0n) is 20.7. The molecule has 0 aromatic heterocycles. The van der Waals surface area contributed by atoms with E-state index < -0.39 is 17.7 Å². The maximum atomic E-state index is 13.4. The van der Waals surface area contributed by atoms with E-state index in [1.165, 1.54) is 19.1 Å². The summed E-state index contributed by atoms with van der Waals surface area (Å²) in [5.74, 6) is -0.664. The van der Waals surface area contributed by atoms with Crippen molar-refractivity contribution in [2.75, 3.05) is 25.7 Å². The number of ketones is 1. The second-order valence-corrected chi connectivity index (χ2v) is 8.31. The fraction of sp³-hybridized carbons (Fsp3) is 0.207. The third-order valence-electron chi connectivity index (χ3n) is 6.03. The number of hydrogen-bond acceptors (Lipinski definition) is 7. The summed E-state index contributed by atoms with van der Waals surface area (Å²) in [5.41, 5.74) is 1.54. The Kier molecular flexibility index (Phi) is 7.44. The number of aliphatic hydroxyl groups is 1. The lowest BCUT2D eigenvalue weighted by Crippen LogP contribution is -2.29. The second-order valence-electron chi connectivity index (χ2n) is 8.31. The normalized spacial score (nSPS) is 16.4. The van der Waals surface area contributed by atoms with E-state index in [1.807, 2.05) is 13.0 Å². The van der Waals surface area contributed by atoms with Gasteiger partial charge < -0.3 is 19.3 Å². The van der Waals surface area contributed by atoms with Crippen molar-refractivity contribution in [2.24, 2.45) is 0 Å². The lowest BCUT2D eigenvalue weighted by Gasteiger charge is -2.26. The van der Waals surface area contributed by atoms with Gasteiger partial charge in [-0.1, -0.05) is 19.1 Å². The van der Waals surface area contributed by atoms with Gasteiger partial charge in [0.25, 0.3) is 11.7 Å². The summed E-state index contributed by atoms with van der Waals surface area (Å²) >= 11 is 0. The van der Waals surface area contributed by atoms with Crippen LogP contribution in [0.15, 0.2) is 72.3 Å². The van der Waals surface area contributed by atoms with Gasteiger partial charge in [-0.25, -0.2) is 0 Å². The van der Waals surface area contributed by atoms with E-state index in [-0.39, 0.29) is 22.6 Å². The molecule has 0 bridgehead atoms. The molecule has 3 aromatic rings. The molecule has 0 radical (unpaired) electrons. The van der Waals surface area contributed by atoms with Gasteiger partial charge in [-0.2, -0.15) is 5.26 Å². The third-order valence-corrected chi connectivity index (χ3v) is 6.03. The number of methoxy groups -OCH3 is 2. The maximum Gasteiger partial charge on any atom is 0.300 e. The van der Waals surface area contributed by atoms with Crippen LogP contribution in [-0.2, 0) is 9.59 Å². The fourth-order valence-corrected chi connectivity index (χ4v) is 4.24. The molecule has 1 atom stereocenters. The molecule has 1 aliphatic rings. The number of ether oxygens (including phenoxy) is 3. The van der Waals surface area contributed by atoms with Gasteiger partial charge in [0.2, 0.25) is 0 Å². The minimum absolute atomic E-state index is 0.0922. The smallest absolute Gasteiger partial charge is 0.300 e. The third kappa shape index (κ3) is 4.84. The molecular weight excluding hydrogens is 472 g/mol. The van der Waals surface area contributed by atoms with Crippen molar-refractivity contribution in [2.45, 2.75) is 19.4 Å². The van der Waals surface area contributed by atoms with E-state index in [0.29, 0.717) is 34.9 Å². The molecule has 1 fully saturated rings. The van der Waals surface area contributed by atoms with Gasteiger partial charge in [0.15, 0.2) is 0 Å². The van der Waals surface area contributed by atoms with Crippen molar-refractivity contribution in [3.63, 3.8) is 0 Å². The van der Waals surface area contributed by atoms with Crippen LogP contribution >= 0.6 is 0 Å². The van der Waals surface area contributed by atoms with Crippen LogP contribution in [0, 0.1) is 11.3 Å². The Bertz CT molecular complexity index is 1400. The highest BCUT2D eigenvalue weighted by Crippen LogP contribution is 2.44. The van der Waals surface area contributed by atoms with Crippen LogP contribution in [-0.4, -0.2) is 37.6 Å². The molecule has 0 aliphatic carbocycles. The zero-order chi connectivity index (χ0) is 26.5. The average Bonchev–Trinajstić information content (AvgIpc) is 3.21. The molecule has 1 heterocycles. The SMILES string of the molecule is CCCOc1cccc(C2/C(=C(\O)c3ccc(OC)cc3OC)C(=O)C(=O)N2c2ccc(C#N)cc2)c1. The predicted molar refractivity (Wildman–Crippen MR) is 138 cm³/mol. The van der Waals surface area contributed by atoms with Crippen molar-refractivity contribution in [3.05, 3.63) is 89.0 Å². The zero-order valence-corrected chi connectivity index (χ0v) is 20.7. The summed E-state index contributed by atoms with van der Waals surface area (Å²) in [6.07, 6.45) is 0.811. The molecule has 1 unspecified atom stereocenters. The lowest BCUT2D eigenvalue weighted by atomic mass is 9.94. The number of aliphatic hydroxyl groups excluding tert-OH is 1. The van der Waals surface area contributed by atoms with Crippen LogP contribution < -0.4 is 19.1 Å². The van der Waals surface area contributed by atoms with Crippen LogP contribution in [0.25, 0.3) is 5.76 Å². The number of benzene rings is 3. The molecule has 8 nitrogen and oxygen atoms in total. The van der Waals surface area contributed by atoms with Gasteiger partial charge in [0.05, 0.1) is 49.6 Å². The number of nitrogens with zero attached hydrogens (tertiary/aromatic N) is 2. The minimum atomic E-state index is -0.954. The molecule has 0 spiro atoms. The number of carbonyl (C=O) groups excluding carboxylic acids is 2. The molecule has 8 heteroatoms. The summed E-state index contributed by atoms with van der Waals surface area (Å²) in [4.78, 5) is 28.1. The lowest BCUT2D eigenvalue weighted by molar-refractivity contribution is -0.132. The van der Waals surface area contributed by atoms with E-state index in [0.717, 1.165) is 6.42 Å². The first-order chi connectivity index (χ1) is 17.9. The van der Waals surface area contributed by atoms with E-state index >= 15 is 0 Å². The first-order valence-electron chi connectivity index (χ1n) is 11.7. The second kappa shape index (κ2) is 10.9. The molecule has 3 aromatic carbocycles. The van der Waals surface area contributed by atoms with Crippen molar-refractivity contribution < 1.29 is 28.9 Å². The van der Waals surface area contributed by atoms with Crippen molar-refractivity contribution >= 4 is 23.1 Å². The number of Topliss-reactive ketones (excluding diaryl/α,β-unsaturated/α-hetero) is 1. The van der Waals surface area contributed by atoms with Gasteiger partial charge in [-0.05, 0) is 60.5 Å². The summed E-state index contributed by atoms with van der Waals surface area (Å²) in [7, 11) is 2.94. The number of carbonyl (C=O) groups is 2. The Labute approximate surface area is 214 Å². The van der Waals surface area contributed by atoms with Crippen LogP contribution in [0.4, 0.5) is 5.69 Å².